The lowest BCUT2D eigenvalue weighted by molar-refractivity contribution is -0.142. The van der Waals surface area contributed by atoms with E-state index in [4.69, 9.17) is 4.74 Å². The number of nitrogens with one attached hydrogen (secondary N) is 1. The normalized spacial score (nSPS) is 10.8. The first-order valence-electron chi connectivity index (χ1n) is 7.40. The van der Waals surface area contributed by atoms with Crippen LogP contribution in [0.3, 0.4) is 0 Å². The van der Waals surface area contributed by atoms with Crippen LogP contribution >= 0.6 is 34.4 Å². The van der Waals surface area contributed by atoms with Crippen LogP contribution in [-0.4, -0.2) is 39.4 Å². The zero-order valence-electron chi connectivity index (χ0n) is 13.2. The zero-order chi connectivity index (χ0) is 17.6. The third kappa shape index (κ3) is 4.97. The number of carbonyl (C=O) groups excluding carboxylic acids is 2. The van der Waals surface area contributed by atoms with E-state index in [1.54, 1.807) is 18.3 Å². The number of benzene rings is 1. The molecule has 0 aliphatic carbocycles. The fourth-order valence-corrected chi connectivity index (χ4v) is 4.52. The van der Waals surface area contributed by atoms with Crippen molar-refractivity contribution < 1.29 is 14.3 Å². The number of aromatic nitrogens is 3. The molecule has 0 spiro atoms. The van der Waals surface area contributed by atoms with E-state index in [9.17, 15) is 9.59 Å². The van der Waals surface area contributed by atoms with Gasteiger partial charge in [0.2, 0.25) is 11.0 Å². The van der Waals surface area contributed by atoms with Crippen molar-refractivity contribution in [2.45, 2.75) is 17.7 Å². The van der Waals surface area contributed by atoms with Gasteiger partial charge in [0.15, 0.2) is 4.34 Å². The Balaban J connectivity index is 1.50. The Hall–Kier alpha value is -2.04. The van der Waals surface area contributed by atoms with E-state index in [1.165, 1.54) is 11.8 Å². The standard InChI is InChI=1S/C15H14N4O3S3/c1-2-22-13(21)7-12-18-19-14(25-12)17-11(20)8-23-15-16-9-5-3-4-6-10(9)24-15/h3-6H,2,7-8H2,1H3,(H,17,19,20). The molecule has 3 aromatic rings. The summed E-state index contributed by atoms with van der Waals surface area (Å²) in [6.07, 6.45) is 0.0574. The number of ether oxygens (including phenoxy) is 1. The molecule has 0 saturated carbocycles. The van der Waals surface area contributed by atoms with Gasteiger partial charge in [-0.05, 0) is 19.1 Å². The van der Waals surface area contributed by atoms with Crippen molar-refractivity contribution in [3.05, 3.63) is 29.3 Å². The summed E-state index contributed by atoms with van der Waals surface area (Å²) in [7, 11) is 0. The van der Waals surface area contributed by atoms with Gasteiger partial charge in [0.1, 0.15) is 5.01 Å². The van der Waals surface area contributed by atoms with Crippen LogP contribution in [-0.2, 0) is 20.7 Å². The molecule has 0 aliphatic rings. The number of hydrogen-bond acceptors (Lipinski definition) is 9. The second-order valence-corrected chi connectivity index (χ2v) is 8.08. The number of anilines is 1. The molecule has 0 aliphatic heterocycles. The summed E-state index contributed by atoms with van der Waals surface area (Å²) in [5.74, 6) is -0.321. The van der Waals surface area contributed by atoms with Crippen molar-refractivity contribution in [2.24, 2.45) is 0 Å². The molecule has 2 aromatic heterocycles. The molecule has 0 radical (unpaired) electrons. The number of esters is 1. The van der Waals surface area contributed by atoms with Crippen LogP contribution in [0.2, 0.25) is 0 Å². The van der Waals surface area contributed by atoms with Crippen LogP contribution in [0.5, 0.6) is 0 Å². The Kier molecular flexibility index (Phi) is 5.95. The predicted octanol–water partition coefficient (Wildman–Crippen LogP) is 2.98. The Morgan fingerprint density at radius 3 is 2.88 bits per heavy atom. The van der Waals surface area contributed by atoms with Gasteiger partial charge in [-0.3, -0.25) is 14.9 Å². The number of thiazole rings is 1. The van der Waals surface area contributed by atoms with Crippen molar-refractivity contribution in [3.8, 4) is 0 Å². The van der Waals surface area contributed by atoms with Crippen LogP contribution in [0.15, 0.2) is 28.6 Å². The zero-order valence-corrected chi connectivity index (χ0v) is 15.7. The van der Waals surface area contributed by atoms with Crippen LogP contribution in [0.25, 0.3) is 10.2 Å². The SMILES string of the molecule is CCOC(=O)Cc1nnc(NC(=O)CSc2nc3ccccc3s2)s1. The molecular formula is C15H14N4O3S3. The maximum atomic E-state index is 12.0. The maximum absolute atomic E-state index is 12.0. The van der Waals surface area contributed by atoms with Crippen molar-refractivity contribution in [2.75, 3.05) is 17.7 Å². The average molecular weight is 395 g/mol. The van der Waals surface area contributed by atoms with E-state index < -0.39 is 0 Å². The summed E-state index contributed by atoms with van der Waals surface area (Å²) in [4.78, 5) is 27.9. The predicted molar refractivity (Wildman–Crippen MR) is 99.2 cm³/mol. The van der Waals surface area contributed by atoms with Crippen molar-refractivity contribution >= 4 is 61.7 Å². The van der Waals surface area contributed by atoms with Gasteiger partial charge in [-0.15, -0.1) is 21.5 Å². The molecule has 1 aromatic carbocycles. The highest BCUT2D eigenvalue weighted by Gasteiger charge is 2.13. The molecule has 1 N–H and O–H groups in total. The van der Waals surface area contributed by atoms with Gasteiger partial charge < -0.3 is 4.74 Å². The van der Waals surface area contributed by atoms with Gasteiger partial charge in [-0.1, -0.05) is 35.2 Å². The summed E-state index contributed by atoms with van der Waals surface area (Å²) < 4.78 is 6.79. The number of rotatable bonds is 7. The third-order valence-electron chi connectivity index (χ3n) is 2.92. The molecule has 130 valence electrons. The molecule has 25 heavy (non-hydrogen) atoms. The van der Waals surface area contributed by atoms with E-state index >= 15 is 0 Å². The number of carbonyl (C=O) groups is 2. The summed E-state index contributed by atoms with van der Waals surface area (Å²) in [5.41, 5.74) is 0.933. The highest BCUT2D eigenvalue weighted by Crippen LogP contribution is 2.29. The molecule has 10 heteroatoms. The third-order valence-corrected chi connectivity index (χ3v) is 5.93. The van der Waals surface area contributed by atoms with Gasteiger partial charge >= 0.3 is 5.97 Å². The van der Waals surface area contributed by atoms with E-state index in [2.05, 4.69) is 20.5 Å². The van der Waals surface area contributed by atoms with E-state index in [0.717, 1.165) is 25.9 Å². The summed E-state index contributed by atoms with van der Waals surface area (Å²) in [6, 6.07) is 7.85. The van der Waals surface area contributed by atoms with Gasteiger partial charge in [-0.2, -0.15) is 0 Å². The van der Waals surface area contributed by atoms with Gasteiger partial charge in [0.05, 0.1) is 29.0 Å². The lowest BCUT2D eigenvalue weighted by Crippen LogP contribution is -2.13. The molecule has 1 amide bonds. The van der Waals surface area contributed by atoms with Gasteiger partial charge in [-0.25, -0.2) is 4.98 Å². The molecule has 0 unspecified atom stereocenters. The lowest BCUT2D eigenvalue weighted by Gasteiger charge is -1.99. The molecule has 3 rings (SSSR count). The first kappa shape index (κ1) is 17.8. The Labute approximate surface area is 155 Å². The number of hydrogen-bond donors (Lipinski definition) is 1. The number of thioether (sulfide) groups is 1. The monoisotopic (exact) mass is 394 g/mol. The second kappa shape index (κ2) is 8.37. The van der Waals surface area contributed by atoms with Gasteiger partial charge in [0, 0.05) is 0 Å². The Bertz CT molecular complexity index is 860. The number of fused-ring (bicyclic) bond motifs is 1. The molecule has 0 atom stereocenters. The second-order valence-electron chi connectivity index (χ2n) is 4.77. The summed E-state index contributed by atoms with van der Waals surface area (Å²) >= 11 is 4.10. The largest absolute Gasteiger partial charge is 0.466 e. The minimum Gasteiger partial charge on any atom is -0.466 e. The van der Waals surface area contributed by atoms with E-state index in [1.807, 2.05) is 24.3 Å². The maximum Gasteiger partial charge on any atom is 0.312 e. The van der Waals surface area contributed by atoms with Crippen molar-refractivity contribution in [1.82, 2.24) is 15.2 Å². The van der Waals surface area contributed by atoms with Crippen LogP contribution < -0.4 is 5.32 Å². The number of para-hydroxylation sites is 1. The molecule has 0 bridgehead atoms. The quantitative estimate of drug-likeness (QED) is 0.486. The minimum absolute atomic E-state index is 0.0574. The average Bonchev–Trinajstić information content (AvgIpc) is 3.19. The highest BCUT2D eigenvalue weighted by molar-refractivity contribution is 8.01. The summed E-state index contributed by atoms with van der Waals surface area (Å²) in [6.45, 7) is 2.07. The van der Waals surface area contributed by atoms with E-state index in [0.29, 0.717) is 16.7 Å². The fourth-order valence-electron chi connectivity index (χ4n) is 1.91. The number of amides is 1. The Morgan fingerprint density at radius 2 is 2.08 bits per heavy atom. The van der Waals surface area contributed by atoms with Crippen molar-refractivity contribution in [1.29, 1.82) is 0 Å². The smallest absolute Gasteiger partial charge is 0.312 e. The van der Waals surface area contributed by atoms with Crippen molar-refractivity contribution in [3.63, 3.8) is 0 Å². The molecule has 2 heterocycles. The van der Waals surface area contributed by atoms with E-state index in [-0.39, 0.29) is 24.1 Å². The molecule has 0 saturated heterocycles. The molecular weight excluding hydrogens is 380 g/mol. The van der Waals surface area contributed by atoms with Crippen LogP contribution in [0, 0.1) is 0 Å². The highest BCUT2D eigenvalue weighted by atomic mass is 32.2. The van der Waals surface area contributed by atoms with Crippen LogP contribution in [0.1, 0.15) is 11.9 Å². The molecule has 7 nitrogen and oxygen atoms in total. The topological polar surface area (TPSA) is 94.1 Å². The first-order chi connectivity index (χ1) is 12.1. The fraction of sp³-hybridized carbons (Fsp3) is 0.267. The summed E-state index contributed by atoms with van der Waals surface area (Å²) in [5, 5.41) is 11.3. The minimum atomic E-state index is -0.358. The van der Waals surface area contributed by atoms with Crippen LogP contribution in [0.4, 0.5) is 5.13 Å². The van der Waals surface area contributed by atoms with Gasteiger partial charge in [0.25, 0.3) is 0 Å². The lowest BCUT2D eigenvalue weighted by atomic mass is 10.3. The number of nitrogens with zero attached hydrogens (tertiary/aromatic N) is 3. The Morgan fingerprint density at radius 1 is 1.24 bits per heavy atom. The molecule has 0 fully saturated rings. The first-order valence-corrected chi connectivity index (χ1v) is 10.0.